The second kappa shape index (κ2) is 9.08. The third kappa shape index (κ3) is 5.42. The van der Waals surface area contributed by atoms with Gasteiger partial charge in [0.25, 0.3) is 15.9 Å². The Morgan fingerprint density at radius 2 is 1.68 bits per heavy atom. The van der Waals surface area contributed by atoms with E-state index in [4.69, 9.17) is 11.6 Å². The van der Waals surface area contributed by atoms with Crippen molar-refractivity contribution in [3.8, 4) is 0 Å². The molecule has 2 N–H and O–H groups in total. The Morgan fingerprint density at radius 3 is 2.35 bits per heavy atom. The lowest BCUT2D eigenvalue weighted by molar-refractivity contribution is 0.0939. The quantitative estimate of drug-likeness (QED) is 0.518. The Labute approximate surface area is 186 Å². The number of hydrogen-bond donors (Lipinski definition) is 2. The molecule has 0 unspecified atom stereocenters. The minimum atomic E-state index is -4.03. The van der Waals surface area contributed by atoms with Crippen molar-refractivity contribution in [2.45, 2.75) is 31.7 Å². The largest absolute Gasteiger partial charge is 0.346 e. The normalized spacial score (nSPS) is 12.3. The zero-order chi connectivity index (χ0) is 22.8. The van der Waals surface area contributed by atoms with Gasteiger partial charge in [-0.1, -0.05) is 35.9 Å². The molecule has 0 saturated carbocycles. The molecule has 8 heteroatoms. The third-order valence-corrected chi connectivity index (χ3v) is 6.68. The summed E-state index contributed by atoms with van der Waals surface area (Å²) >= 11 is 6.15. The van der Waals surface area contributed by atoms with E-state index in [9.17, 15) is 17.6 Å². The topological polar surface area (TPSA) is 75.3 Å². The smallest absolute Gasteiger partial charge is 0.263 e. The summed E-state index contributed by atoms with van der Waals surface area (Å²) in [6, 6.07) is 14.8. The summed E-state index contributed by atoms with van der Waals surface area (Å²) in [5, 5.41) is 2.78. The van der Waals surface area contributed by atoms with Crippen LogP contribution >= 0.6 is 11.6 Å². The number of anilines is 1. The summed E-state index contributed by atoms with van der Waals surface area (Å²) < 4.78 is 41.6. The molecule has 1 atom stereocenters. The molecule has 0 aliphatic rings. The first-order valence-electron chi connectivity index (χ1n) is 9.53. The first-order valence-corrected chi connectivity index (χ1v) is 11.4. The molecule has 5 nitrogen and oxygen atoms in total. The van der Waals surface area contributed by atoms with Crippen LogP contribution in [-0.4, -0.2) is 14.3 Å². The van der Waals surface area contributed by atoms with Crippen molar-refractivity contribution in [2.24, 2.45) is 0 Å². The van der Waals surface area contributed by atoms with Crippen molar-refractivity contribution in [2.75, 3.05) is 4.72 Å². The van der Waals surface area contributed by atoms with Crippen LogP contribution in [0.2, 0.25) is 5.02 Å². The molecule has 0 aliphatic carbocycles. The number of sulfonamides is 1. The van der Waals surface area contributed by atoms with Crippen molar-refractivity contribution in [1.29, 1.82) is 0 Å². The molecule has 1 amide bonds. The van der Waals surface area contributed by atoms with Gasteiger partial charge in [-0.15, -0.1) is 0 Å². The molecular formula is C23H22ClFN2O3S. The van der Waals surface area contributed by atoms with Gasteiger partial charge in [-0.3, -0.25) is 9.52 Å². The second-order valence-electron chi connectivity index (χ2n) is 7.32. The van der Waals surface area contributed by atoms with Gasteiger partial charge in [0, 0.05) is 5.56 Å². The van der Waals surface area contributed by atoms with Crippen molar-refractivity contribution in [1.82, 2.24) is 5.32 Å². The van der Waals surface area contributed by atoms with Crippen LogP contribution in [0.1, 0.15) is 40.0 Å². The van der Waals surface area contributed by atoms with Gasteiger partial charge in [0.15, 0.2) is 0 Å². The number of aryl methyl sites for hydroxylation is 2. The molecule has 3 rings (SSSR count). The lowest BCUT2D eigenvalue weighted by Crippen LogP contribution is -2.27. The summed E-state index contributed by atoms with van der Waals surface area (Å²) in [6.07, 6.45) is 0. The summed E-state index contributed by atoms with van der Waals surface area (Å²) in [5.41, 5.74) is 2.95. The maximum absolute atomic E-state index is 13.1. The van der Waals surface area contributed by atoms with E-state index in [2.05, 4.69) is 10.0 Å². The number of nitrogens with one attached hydrogen (secondary N) is 2. The van der Waals surface area contributed by atoms with Gasteiger partial charge in [-0.2, -0.15) is 0 Å². The van der Waals surface area contributed by atoms with E-state index in [-0.39, 0.29) is 21.3 Å². The Morgan fingerprint density at radius 1 is 1.00 bits per heavy atom. The first-order chi connectivity index (χ1) is 14.6. The van der Waals surface area contributed by atoms with Crippen LogP contribution < -0.4 is 10.0 Å². The summed E-state index contributed by atoms with van der Waals surface area (Å²) in [6.45, 7) is 5.40. The fraction of sp³-hybridized carbons (Fsp3) is 0.174. The minimum Gasteiger partial charge on any atom is -0.346 e. The summed E-state index contributed by atoms with van der Waals surface area (Å²) in [5.74, 6) is -0.845. The van der Waals surface area contributed by atoms with Gasteiger partial charge in [-0.25, -0.2) is 12.8 Å². The molecule has 0 fully saturated rings. The van der Waals surface area contributed by atoms with E-state index < -0.39 is 22.0 Å². The van der Waals surface area contributed by atoms with E-state index in [1.807, 2.05) is 19.1 Å². The average Bonchev–Trinajstić information content (AvgIpc) is 2.71. The maximum Gasteiger partial charge on any atom is 0.263 e. The molecule has 162 valence electrons. The van der Waals surface area contributed by atoms with Crippen LogP contribution in [-0.2, 0) is 10.0 Å². The molecule has 0 aliphatic heterocycles. The zero-order valence-corrected chi connectivity index (χ0v) is 18.8. The standard InChI is InChI=1S/C23H22ClFN2O3S/c1-14-4-5-15(2)21(12-14)27-31(29,30)22-13-18(8-11-20(22)24)23(28)26-16(3)17-6-9-19(25)10-7-17/h4-13,16,27H,1-3H3,(H,26,28)/t16-/m1/s1. The van der Waals surface area contributed by atoms with E-state index in [1.165, 1.54) is 30.3 Å². The van der Waals surface area contributed by atoms with Crippen LogP contribution in [0, 0.1) is 19.7 Å². The van der Waals surface area contributed by atoms with E-state index in [0.29, 0.717) is 11.3 Å². The van der Waals surface area contributed by atoms with Gasteiger partial charge < -0.3 is 5.32 Å². The van der Waals surface area contributed by atoms with Crippen LogP contribution in [0.4, 0.5) is 10.1 Å². The number of rotatable bonds is 6. The summed E-state index contributed by atoms with van der Waals surface area (Å²) in [7, 11) is -4.03. The average molecular weight is 461 g/mol. The van der Waals surface area contributed by atoms with Crippen molar-refractivity contribution in [3.63, 3.8) is 0 Å². The molecule has 3 aromatic rings. The van der Waals surface area contributed by atoms with Gasteiger partial charge in [0.1, 0.15) is 10.7 Å². The molecule has 0 radical (unpaired) electrons. The molecule has 0 spiro atoms. The highest BCUT2D eigenvalue weighted by atomic mass is 35.5. The van der Waals surface area contributed by atoms with Gasteiger partial charge >= 0.3 is 0 Å². The Hall–Kier alpha value is -2.90. The lowest BCUT2D eigenvalue weighted by atomic mass is 10.1. The van der Waals surface area contributed by atoms with Crippen LogP contribution in [0.3, 0.4) is 0 Å². The number of benzene rings is 3. The fourth-order valence-electron chi connectivity index (χ4n) is 3.01. The van der Waals surface area contributed by atoms with Crippen LogP contribution in [0.15, 0.2) is 65.6 Å². The zero-order valence-electron chi connectivity index (χ0n) is 17.2. The highest BCUT2D eigenvalue weighted by Gasteiger charge is 2.22. The molecule has 0 bridgehead atoms. The number of hydrogen-bond acceptors (Lipinski definition) is 3. The van der Waals surface area contributed by atoms with Crippen molar-refractivity contribution in [3.05, 3.63) is 93.8 Å². The molecule has 0 aromatic heterocycles. The van der Waals surface area contributed by atoms with E-state index in [1.54, 1.807) is 32.0 Å². The highest BCUT2D eigenvalue weighted by molar-refractivity contribution is 7.92. The predicted octanol–water partition coefficient (Wildman–Crippen LogP) is 5.39. The van der Waals surface area contributed by atoms with Crippen LogP contribution in [0.5, 0.6) is 0 Å². The number of halogens is 2. The molecule has 3 aromatic carbocycles. The predicted molar refractivity (Wildman–Crippen MR) is 120 cm³/mol. The molecular weight excluding hydrogens is 439 g/mol. The minimum absolute atomic E-state index is 0.000870. The summed E-state index contributed by atoms with van der Waals surface area (Å²) in [4.78, 5) is 12.5. The molecule has 31 heavy (non-hydrogen) atoms. The Bertz CT molecular complexity index is 1230. The highest BCUT2D eigenvalue weighted by Crippen LogP contribution is 2.27. The van der Waals surface area contributed by atoms with Crippen LogP contribution in [0.25, 0.3) is 0 Å². The number of carbonyl (C=O) groups is 1. The molecule has 0 saturated heterocycles. The molecule has 0 heterocycles. The van der Waals surface area contributed by atoms with E-state index in [0.717, 1.165) is 11.1 Å². The SMILES string of the molecule is Cc1ccc(C)c(NS(=O)(=O)c2cc(C(=O)N[C@H](C)c3ccc(F)cc3)ccc2Cl)c1. The van der Waals surface area contributed by atoms with Gasteiger partial charge in [0.2, 0.25) is 0 Å². The Kier molecular flexibility index (Phi) is 6.67. The Balaban J connectivity index is 1.85. The monoisotopic (exact) mass is 460 g/mol. The fourth-order valence-corrected chi connectivity index (χ4v) is 4.66. The van der Waals surface area contributed by atoms with Crippen molar-refractivity contribution < 1.29 is 17.6 Å². The van der Waals surface area contributed by atoms with E-state index >= 15 is 0 Å². The maximum atomic E-state index is 13.1. The van der Waals surface area contributed by atoms with Crippen molar-refractivity contribution >= 4 is 33.2 Å². The van der Waals surface area contributed by atoms with Gasteiger partial charge in [-0.05, 0) is 73.9 Å². The first kappa shape index (κ1) is 22.8. The number of amides is 1. The van der Waals surface area contributed by atoms with Gasteiger partial charge in [0.05, 0.1) is 16.8 Å². The second-order valence-corrected chi connectivity index (χ2v) is 9.37. The third-order valence-electron chi connectivity index (χ3n) is 4.84. The lowest BCUT2D eigenvalue weighted by Gasteiger charge is -2.16. The number of carbonyl (C=O) groups excluding carboxylic acids is 1.